The van der Waals surface area contributed by atoms with E-state index < -0.39 is 0 Å². The Morgan fingerprint density at radius 1 is 1.21 bits per heavy atom. The molecule has 0 aliphatic carbocycles. The summed E-state index contributed by atoms with van der Waals surface area (Å²) in [5, 5.41) is 3.38. The van der Waals surface area contributed by atoms with E-state index in [1.807, 2.05) is 26.8 Å². The zero-order valence-corrected chi connectivity index (χ0v) is 18.3. The number of fused-ring (bicyclic) bond motifs is 1. The van der Waals surface area contributed by atoms with Crippen LogP contribution in [0.1, 0.15) is 62.2 Å². The van der Waals surface area contributed by atoms with E-state index >= 15 is 0 Å². The number of nitrogens with two attached hydrogens (primary N) is 1. The highest BCUT2D eigenvalue weighted by molar-refractivity contribution is 5.69. The Hall–Kier alpha value is -3.08. The molecule has 29 heavy (non-hydrogen) atoms. The third-order valence-electron chi connectivity index (χ3n) is 4.70. The summed E-state index contributed by atoms with van der Waals surface area (Å²) in [5.74, 6) is 0.406. The number of imidazole rings is 1. The highest BCUT2D eigenvalue weighted by Crippen LogP contribution is 2.21. The highest BCUT2D eigenvalue weighted by Gasteiger charge is 2.12. The first-order valence-corrected chi connectivity index (χ1v) is 10.2. The van der Waals surface area contributed by atoms with Gasteiger partial charge in [0.15, 0.2) is 5.65 Å². The molecule has 154 valence electrons. The van der Waals surface area contributed by atoms with E-state index in [0.29, 0.717) is 18.1 Å². The number of rotatable bonds is 7. The van der Waals surface area contributed by atoms with Gasteiger partial charge in [-0.15, -0.1) is 0 Å². The van der Waals surface area contributed by atoms with Crippen molar-refractivity contribution in [3.05, 3.63) is 71.7 Å². The second-order valence-electron chi connectivity index (χ2n) is 6.96. The van der Waals surface area contributed by atoms with E-state index in [-0.39, 0.29) is 0 Å². The lowest BCUT2D eigenvalue weighted by atomic mass is 10.0. The zero-order valence-electron chi connectivity index (χ0n) is 18.3. The molecular weight excluding hydrogens is 358 g/mol. The Labute approximate surface area is 174 Å². The molecule has 0 radical (unpaired) electrons. The molecule has 3 rings (SSSR count). The predicted octanol–water partition coefficient (Wildman–Crippen LogP) is 5.39. The Morgan fingerprint density at radius 2 is 1.93 bits per heavy atom. The molecule has 0 unspecified atom stereocenters. The summed E-state index contributed by atoms with van der Waals surface area (Å²) in [6, 6.07) is 8.57. The van der Waals surface area contributed by atoms with E-state index in [0.717, 1.165) is 35.5 Å². The maximum atomic E-state index is 5.96. The fraction of sp³-hybridized carbons (Fsp3) is 0.333. The van der Waals surface area contributed by atoms with Crippen LogP contribution in [-0.4, -0.2) is 14.4 Å². The lowest BCUT2D eigenvalue weighted by Gasteiger charge is -2.14. The second-order valence-corrected chi connectivity index (χ2v) is 6.96. The van der Waals surface area contributed by atoms with Crippen molar-refractivity contribution in [1.29, 1.82) is 0 Å². The van der Waals surface area contributed by atoms with Gasteiger partial charge in [0.25, 0.3) is 0 Å². The maximum absolute atomic E-state index is 5.96. The van der Waals surface area contributed by atoms with E-state index in [1.165, 1.54) is 16.7 Å². The third-order valence-corrected chi connectivity index (χ3v) is 4.70. The largest absolute Gasteiger partial charge is 0.380 e. The van der Waals surface area contributed by atoms with Crippen LogP contribution in [0.25, 0.3) is 16.9 Å². The van der Waals surface area contributed by atoms with Crippen LogP contribution in [0.4, 0.5) is 5.95 Å². The number of aromatic nitrogens is 3. The van der Waals surface area contributed by atoms with E-state index in [9.17, 15) is 0 Å². The van der Waals surface area contributed by atoms with Gasteiger partial charge in [-0.3, -0.25) is 4.40 Å². The van der Waals surface area contributed by atoms with E-state index in [2.05, 4.69) is 60.5 Å². The normalized spacial score (nSPS) is 10.4. The quantitative estimate of drug-likeness (QED) is 0.566. The Kier molecular flexibility index (Phi) is 7.59. The van der Waals surface area contributed by atoms with Crippen LogP contribution in [0.15, 0.2) is 43.6 Å². The first kappa shape index (κ1) is 22.2. The van der Waals surface area contributed by atoms with Crippen molar-refractivity contribution in [2.45, 2.75) is 54.0 Å². The molecule has 0 aliphatic heterocycles. The molecule has 0 saturated heterocycles. The van der Waals surface area contributed by atoms with E-state index in [4.69, 9.17) is 5.73 Å². The smallest absolute Gasteiger partial charge is 0.206 e. The maximum Gasteiger partial charge on any atom is 0.206 e. The predicted molar refractivity (Wildman–Crippen MR) is 125 cm³/mol. The van der Waals surface area contributed by atoms with Crippen LogP contribution in [0, 0.1) is 6.92 Å². The van der Waals surface area contributed by atoms with Crippen molar-refractivity contribution >= 4 is 22.9 Å². The SMILES string of the molecule is C=C(NCc1ccc(CCC)c(C)c1)c1cc(C(=C)C)n2c(N)ncc2n1.CC. The molecule has 3 aromatic rings. The number of nitrogen functional groups attached to an aromatic ring is 1. The van der Waals surface area contributed by atoms with Gasteiger partial charge in [-0.25, -0.2) is 9.97 Å². The Bertz CT molecular complexity index is 1010. The molecule has 0 spiro atoms. The highest BCUT2D eigenvalue weighted by atomic mass is 15.1. The van der Waals surface area contributed by atoms with Crippen LogP contribution in [0.3, 0.4) is 0 Å². The summed E-state index contributed by atoms with van der Waals surface area (Å²) in [6.07, 6.45) is 3.94. The van der Waals surface area contributed by atoms with E-state index in [1.54, 1.807) is 10.6 Å². The molecular formula is C24H33N5. The molecule has 0 fully saturated rings. The number of aryl methyl sites for hydroxylation is 2. The molecule has 0 amide bonds. The van der Waals surface area contributed by atoms with Crippen molar-refractivity contribution in [1.82, 2.24) is 19.7 Å². The minimum atomic E-state index is 0.406. The Balaban J connectivity index is 0.00000145. The Morgan fingerprint density at radius 3 is 2.55 bits per heavy atom. The summed E-state index contributed by atoms with van der Waals surface area (Å²) >= 11 is 0. The van der Waals surface area contributed by atoms with Crippen molar-refractivity contribution in [3.8, 4) is 0 Å². The van der Waals surface area contributed by atoms with Crippen LogP contribution in [-0.2, 0) is 13.0 Å². The fourth-order valence-electron chi connectivity index (χ4n) is 3.22. The van der Waals surface area contributed by atoms with Crippen LogP contribution < -0.4 is 11.1 Å². The van der Waals surface area contributed by atoms with Gasteiger partial charge in [0.2, 0.25) is 5.95 Å². The van der Waals surface area contributed by atoms with Gasteiger partial charge in [0, 0.05) is 6.54 Å². The molecule has 0 aliphatic rings. The van der Waals surface area contributed by atoms with Crippen molar-refractivity contribution in [2.75, 3.05) is 5.73 Å². The summed E-state index contributed by atoms with van der Waals surface area (Å²) in [4.78, 5) is 8.78. The van der Waals surface area contributed by atoms with Crippen molar-refractivity contribution in [2.24, 2.45) is 0 Å². The molecule has 2 aromatic heterocycles. The van der Waals surface area contributed by atoms with Gasteiger partial charge < -0.3 is 11.1 Å². The standard InChI is InChI=1S/C22H27N5.C2H6/c1-6-7-18-9-8-17(10-15(18)4)12-24-16(5)19-11-20(14(2)3)27-21(26-19)13-25-22(27)23;1-2/h8-11,13,24H,2,5-7,12H2,1,3-4H3,(H2,23,25);1-2H3. The molecule has 1 aromatic carbocycles. The summed E-state index contributed by atoms with van der Waals surface area (Å²) < 4.78 is 1.80. The third kappa shape index (κ3) is 5.05. The molecule has 0 bridgehead atoms. The minimum Gasteiger partial charge on any atom is -0.380 e. The lowest BCUT2D eigenvalue weighted by molar-refractivity contribution is 0.872. The van der Waals surface area contributed by atoms with Gasteiger partial charge in [-0.1, -0.05) is 58.5 Å². The molecule has 0 saturated carbocycles. The second kappa shape index (κ2) is 9.92. The summed E-state index contributed by atoms with van der Waals surface area (Å²) in [6.45, 7) is 19.2. The van der Waals surface area contributed by atoms with Crippen molar-refractivity contribution < 1.29 is 0 Å². The van der Waals surface area contributed by atoms with Gasteiger partial charge in [0.05, 0.1) is 23.3 Å². The molecule has 5 heteroatoms. The molecule has 5 nitrogen and oxygen atoms in total. The molecule has 2 heterocycles. The van der Waals surface area contributed by atoms with Crippen LogP contribution in [0.2, 0.25) is 0 Å². The number of nitrogens with one attached hydrogen (secondary N) is 1. The molecule has 3 N–H and O–H groups in total. The van der Waals surface area contributed by atoms with Gasteiger partial charge >= 0.3 is 0 Å². The topological polar surface area (TPSA) is 68.2 Å². The van der Waals surface area contributed by atoms with Crippen LogP contribution >= 0.6 is 0 Å². The molecule has 0 atom stereocenters. The zero-order chi connectivity index (χ0) is 21.6. The average molecular weight is 392 g/mol. The number of hydrogen-bond donors (Lipinski definition) is 2. The number of hydrogen-bond acceptors (Lipinski definition) is 4. The van der Waals surface area contributed by atoms with Gasteiger partial charge in [-0.2, -0.15) is 0 Å². The minimum absolute atomic E-state index is 0.406. The first-order chi connectivity index (χ1) is 13.9. The summed E-state index contributed by atoms with van der Waals surface area (Å²) in [7, 11) is 0. The average Bonchev–Trinajstić information content (AvgIpc) is 3.09. The van der Waals surface area contributed by atoms with Crippen LogP contribution in [0.5, 0.6) is 0 Å². The number of nitrogens with zero attached hydrogens (tertiary/aromatic N) is 3. The lowest BCUT2D eigenvalue weighted by Crippen LogP contribution is -2.13. The fourth-order valence-corrected chi connectivity index (χ4v) is 3.22. The van der Waals surface area contributed by atoms with Gasteiger partial charge in [-0.05, 0) is 48.6 Å². The first-order valence-electron chi connectivity index (χ1n) is 10.2. The number of benzene rings is 1. The van der Waals surface area contributed by atoms with Crippen molar-refractivity contribution in [3.63, 3.8) is 0 Å². The number of anilines is 1. The number of allylic oxidation sites excluding steroid dienone is 1. The monoisotopic (exact) mass is 391 g/mol. The van der Waals surface area contributed by atoms with Gasteiger partial charge in [0.1, 0.15) is 0 Å². The summed E-state index contributed by atoms with van der Waals surface area (Å²) in [5.41, 5.74) is 13.9.